The predicted molar refractivity (Wildman–Crippen MR) is 142 cm³/mol. The quantitative estimate of drug-likeness (QED) is 0.254. The first kappa shape index (κ1) is 29.2. The second-order valence-corrected chi connectivity index (χ2v) is 11.6. The molecule has 0 unspecified atom stereocenters. The van der Waals surface area contributed by atoms with Gasteiger partial charge in [-0.2, -0.15) is 8.78 Å². The summed E-state index contributed by atoms with van der Waals surface area (Å²) in [6.07, 6.45) is 5.97. The molecule has 37 heavy (non-hydrogen) atoms. The maximum absolute atomic E-state index is 14.3. The van der Waals surface area contributed by atoms with Gasteiger partial charge in [0.1, 0.15) is 0 Å². The van der Waals surface area contributed by atoms with Gasteiger partial charge in [0.15, 0.2) is 0 Å². The molecule has 1 aromatic carbocycles. The summed E-state index contributed by atoms with van der Waals surface area (Å²) in [7, 11) is 0. The molecule has 3 atom stereocenters. The van der Waals surface area contributed by atoms with Crippen LogP contribution in [0.5, 0.6) is 0 Å². The van der Waals surface area contributed by atoms with Gasteiger partial charge < -0.3 is 15.1 Å². The lowest BCUT2D eigenvalue weighted by Gasteiger charge is -2.26. The number of hydrogen-bond acceptors (Lipinski definition) is 4. The minimum atomic E-state index is -3.35. The van der Waals surface area contributed by atoms with E-state index in [0.717, 1.165) is 41.9 Å². The number of carboxylic acids is 1. The molecule has 0 saturated carbocycles. The van der Waals surface area contributed by atoms with Crippen LogP contribution in [0.25, 0.3) is 0 Å². The van der Waals surface area contributed by atoms with Crippen molar-refractivity contribution < 1.29 is 28.6 Å². The van der Waals surface area contributed by atoms with Crippen LogP contribution in [-0.4, -0.2) is 51.6 Å². The van der Waals surface area contributed by atoms with Crippen LogP contribution in [0.3, 0.4) is 0 Å². The maximum atomic E-state index is 14.3. The van der Waals surface area contributed by atoms with Gasteiger partial charge in [-0.05, 0) is 68.6 Å². The van der Waals surface area contributed by atoms with Crippen molar-refractivity contribution in [3.63, 3.8) is 0 Å². The molecule has 1 saturated heterocycles. The Morgan fingerprint density at radius 3 is 2.51 bits per heavy atom. The minimum absolute atomic E-state index is 0.0298. The predicted octanol–water partition coefficient (Wildman–Crippen LogP) is 6.12. The fourth-order valence-corrected chi connectivity index (χ4v) is 6.14. The molecule has 2 N–H and O–H groups in total. The van der Waals surface area contributed by atoms with E-state index in [1.807, 2.05) is 31.2 Å². The third-order valence-corrected chi connectivity index (χ3v) is 8.44. The fourth-order valence-electron chi connectivity index (χ4n) is 5.09. The molecule has 3 rings (SSSR count). The van der Waals surface area contributed by atoms with Crippen molar-refractivity contribution in [2.24, 2.45) is 5.92 Å². The molecule has 2 heterocycles. The first-order valence-corrected chi connectivity index (χ1v) is 14.2. The highest BCUT2D eigenvalue weighted by Crippen LogP contribution is 2.36. The van der Waals surface area contributed by atoms with E-state index in [4.69, 9.17) is 5.11 Å². The molecule has 0 bridgehead atoms. The number of aliphatic hydroxyl groups excluding tert-OH is 1. The molecule has 0 aliphatic carbocycles. The third-order valence-electron chi connectivity index (χ3n) is 7.29. The van der Waals surface area contributed by atoms with E-state index in [9.17, 15) is 23.5 Å². The zero-order valence-corrected chi connectivity index (χ0v) is 22.4. The van der Waals surface area contributed by atoms with Crippen LogP contribution in [0, 0.1) is 5.92 Å². The average molecular weight is 536 g/mol. The first-order chi connectivity index (χ1) is 17.7. The van der Waals surface area contributed by atoms with E-state index in [-0.39, 0.29) is 18.9 Å². The fraction of sp³-hybridized carbons (Fsp3) is 0.586. The standard InChI is InChI=1S/C29H39F2NO4S/c1-21(9-4-2-5-10-22-11-6-3-7-12-22)26(33)17-14-23-20-29(30,31)28(36)32(23)18-8-13-24-15-16-25(37-24)19-27(34)35/h3,6-7,11-12,15-16,21,23,26,33H,2,4-5,8-10,13-14,17-20H2,1H3,(H,34,35)/t21-,23-,26+/m0/s1. The Bertz CT molecular complexity index is 997. The van der Waals surface area contributed by atoms with Gasteiger partial charge in [-0.1, -0.05) is 50.1 Å². The summed E-state index contributed by atoms with van der Waals surface area (Å²) in [6.45, 7) is 2.24. The Morgan fingerprint density at radius 1 is 1.05 bits per heavy atom. The minimum Gasteiger partial charge on any atom is -0.481 e. The van der Waals surface area contributed by atoms with Gasteiger partial charge in [0.05, 0.1) is 12.5 Å². The summed E-state index contributed by atoms with van der Waals surface area (Å²) in [4.78, 5) is 26.2. The van der Waals surface area contributed by atoms with E-state index in [2.05, 4.69) is 12.1 Å². The van der Waals surface area contributed by atoms with Crippen LogP contribution >= 0.6 is 11.3 Å². The van der Waals surface area contributed by atoms with Crippen LogP contribution in [0.1, 0.15) is 73.6 Å². The van der Waals surface area contributed by atoms with Crippen LogP contribution in [0.4, 0.5) is 8.78 Å². The maximum Gasteiger partial charge on any atom is 0.326 e. The van der Waals surface area contributed by atoms with Crippen molar-refractivity contribution in [1.29, 1.82) is 0 Å². The molecule has 2 aromatic rings. The highest BCUT2D eigenvalue weighted by Gasteiger charge is 2.52. The second-order valence-electron chi connectivity index (χ2n) is 10.3. The van der Waals surface area contributed by atoms with Gasteiger partial charge in [0.2, 0.25) is 0 Å². The number of carboxylic acid groups (broad SMARTS) is 1. The van der Waals surface area contributed by atoms with Crippen molar-refractivity contribution in [3.8, 4) is 0 Å². The van der Waals surface area contributed by atoms with Gasteiger partial charge in [0, 0.05) is 28.8 Å². The molecule has 1 amide bonds. The molecule has 1 aromatic heterocycles. The van der Waals surface area contributed by atoms with Crippen LogP contribution in [0.15, 0.2) is 42.5 Å². The molecule has 204 valence electrons. The number of alkyl halides is 2. The third kappa shape index (κ3) is 9.18. The van der Waals surface area contributed by atoms with Crippen molar-refractivity contribution in [2.75, 3.05) is 6.54 Å². The molecular weight excluding hydrogens is 496 g/mol. The Labute approximate surface area is 222 Å². The van der Waals surface area contributed by atoms with Gasteiger partial charge in [-0.15, -0.1) is 11.3 Å². The summed E-state index contributed by atoms with van der Waals surface area (Å²) in [5.41, 5.74) is 1.33. The van der Waals surface area contributed by atoms with E-state index >= 15 is 0 Å². The number of unbranched alkanes of at least 4 members (excludes halogenated alkanes) is 2. The smallest absolute Gasteiger partial charge is 0.326 e. The van der Waals surface area contributed by atoms with Crippen LogP contribution in [-0.2, 0) is 28.9 Å². The van der Waals surface area contributed by atoms with Crippen molar-refractivity contribution in [2.45, 2.75) is 95.6 Å². The highest BCUT2D eigenvalue weighted by atomic mass is 32.1. The molecule has 1 aliphatic heterocycles. The number of likely N-dealkylation sites (tertiary alicyclic amines) is 1. The first-order valence-electron chi connectivity index (χ1n) is 13.4. The molecular formula is C29H39F2NO4S. The summed E-state index contributed by atoms with van der Waals surface area (Å²) in [5, 5.41) is 19.6. The number of carbonyl (C=O) groups excluding carboxylic acids is 1. The Balaban J connectivity index is 1.39. The number of carbonyl (C=O) groups is 2. The number of thiophene rings is 1. The summed E-state index contributed by atoms with van der Waals surface area (Å²) < 4.78 is 28.5. The van der Waals surface area contributed by atoms with E-state index in [1.54, 1.807) is 6.07 Å². The zero-order chi connectivity index (χ0) is 26.8. The van der Waals surface area contributed by atoms with Crippen molar-refractivity contribution in [3.05, 3.63) is 57.8 Å². The molecule has 0 radical (unpaired) electrons. The summed E-state index contributed by atoms with van der Waals surface area (Å²) in [5.74, 6) is -5.27. The Morgan fingerprint density at radius 2 is 1.78 bits per heavy atom. The largest absolute Gasteiger partial charge is 0.481 e. The second kappa shape index (κ2) is 14.0. The zero-order valence-electron chi connectivity index (χ0n) is 21.6. The number of halogens is 2. The lowest BCUT2D eigenvalue weighted by molar-refractivity contribution is -0.148. The number of aliphatic hydroxyl groups is 1. The Hall–Kier alpha value is -2.32. The molecule has 1 fully saturated rings. The number of benzene rings is 1. The van der Waals surface area contributed by atoms with E-state index in [0.29, 0.717) is 25.7 Å². The van der Waals surface area contributed by atoms with E-state index in [1.165, 1.54) is 21.8 Å². The number of hydrogen-bond donors (Lipinski definition) is 2. The SMILES string of the molecule is C[C@@H](CCCCCc1ccccc1)[C@H](O)CC[C@H]1CC(F)(F)C(=O)N1CCCc1ccc(CC(=O)O)s1. The van der Waals surface area contributed by atoms with Gasteiger partial charge in [-0.25, -0.2) is 0 Å². The van der Waals surface area contributed by atoms with Crippen molar-refractivity contribution in [1.82, 2.24) is 4.90 Å². The molecule has 0 spiro atoms. The lowest BCUT2D eigenvalue weighted by atomic mass is 9.92. The number of aliphatic carboxylic acids is 1. The monoisotopic (exact) mass is 535 g/mol. The normalized spacial score (nSPS) is 18.8. The van der Waals surface area contributed by atoms with Gasteiger partial charge in [0.25, 0.3) is 5.91 Å². The van der Waals surface area contributed by atoms with Crippen LogP contribution in [0.2, 0.25) is 0 Å². The number of rotatable bonds is 16. The number of nitrogens with zero attached hydrogens (tertiary/aromatic N) is 1. The highest BCUT2D eigenvalue weighted by molar-refractivity contribution is 7.12. The summed E-state index contributed by atoms with van der Waals surface area (Å²) in [6, 6.07) is 13.4. The lowest BCUT2D eigenvalue weighted by Crippen LogP contribution is -2.37. The number of aryl methyl sites for hydroxylation is 2. The van der Waals surface area contributed by atoms with Crippen molar-refractivity contribution >= 4 is 23.2 Å². The summed E-state index contributed by atoms with van der Waals surface area (Å²) >= 11 is 1.41. The van der Waals surface area contributed by atoms with Gasteiger partial charge in [-0.3, -0.25) is 9.59 Å². The van der Waals surface area contributed by atoms with Crippen LogP contribution < -0.4 is 0 Å². The molecule has 5 nitrogen and oxygen atoms in total. The molecule has 1 aliphatic rings. The van der Waals surface area contributed by atoms with Gasteiger partial charge >= 0.3 is 11.9 Å². The molecule has 8 heteroatoms. The topological polar surface area (TPSA) is 77.8 Å². The average Bonchev–Trinajstić information content (AvgIpc) is 3.38. The Kier molecular flexibility index (Phi) is 11.1. The van der Waals surface area contributed by atoms with E-state index < -0.39 is 36.4 Å². The number of amides is 1.